The SMILES string of the molecule is Cc1ccc(S(=O)(=O)NCC(=O)NCC(=O)Nc2ccc3c(c2)NC(=O)C(C)O3)cc1. The summed E-state index contributed by atoms with van der Waals surface area (Å²) in [5.41, 5.74) is 1.73. The van der Waals surface area contributed by atoms with Crippen molar-refractivity contribution in [1.29, 1.82) is 0 Å². The topological polar surface area (TPSA) is 143 Å². The minimum Gasteiger partial charge on any atom is -0.479 e. The van der Waals surface area contributed by atoms with Gasteiger partial charge in [0.15, 0.2) is 6.10 Å². The third-order valence-electron chi connectivity index (χ3n) is 4.39. The summed E-state index contributed by atoms with van der Waals surface area (Å²) >= 11 is 0. The molecule has 1 atom stereocenters. The predicted molar refractivity (Wildman–Crippen MR) is 113 cm³/mol. The van der Waals surface area contributed by atoms with Gasteiger partial charge < -0.3 is 20.7 Å². The monoisotopic (exact) mass is 446 g/mol. The van der Waals surface area contributed by atoms with Gasteiger partial charge in [0.1, 0.15) is 5.75 Å². The van der Waals surface area contributed by atoms with E-state index in [1.165, 1.54) is 18.2 Å². The Kier molecular flexibility index (Phi) is 6.56. The summed E-state index contributed by atoms with van der Waals surface area (Å²) < 4.78 is 32.0. The Hall–Kier alpha value is -3.44. The zero-order valence-electron chi connectivity index (χ0n) is 16.9. The quantitative estimate of drug-likeness (QED) is 0.494. The molecule has 10 nitrogen and oxygen atoms in total. The van der Waals surface area contributed by atoms with E-state index in [0.717, 1.165) is 5.56 Å². The van der Waals surface area contributed by atoms with Gasteiger partial charge in [-0.3, -0.25) is 14.4 Å². The second-order valence-corrected chi connectivity index (χ2v) is 8.69. The van der Waals surface area contributed by atoms with Gasteiger partial charge in [0, 0.05) is 5.69 Å². The van der Waals surface area contributed by atoms with E-state index in [4.69, 9.17) is 4.74 Å². The highest BCUT2D eigenvalue weighted by Crippen LogP contribution is 2.32. The van der Waals surface area contributed by atoms with Gasteiger partial charge in [0.2, 0.25) is 21.8 Å². The maximum atomic E-state index is 12.2. The highest BCUT2D eigenvalue weighted by atomic mass is 32.2. The lowest BCUT2D eigenvalue weighted by Gasteiger charge is -2.23. The molecule has 0 bridgehead atoms. The normalized spacial score (nSPS) is 15.3. The molecule has 4 N–H and O–H groups in total. The van der Waals surface area contributed by atoms with Gasteiger partial charge in [-0.2, -0.15) is 0 Å². The number of sulfonamides is 1. The van der Waals surface area contributed by atoms with E-state index in [9.17, 15) is 22.8 Å². The predicted octanol–water partition coefficient (Wildman–Crippen LogP) is 0.748. The summed E-state index contributed by atoms with van der Waals surface area (Å²) in [6.07, 6.45) is -0.605. The van der Waals surface area contributed by atoms with E-state index >= 15 is 0 Å². The summed E-state index contributed by atoms with van der Waals surface area (Å²) in [5.74, 6) is -0.993. The van der Waals surface area contributed by atoms with Crippen LogP contribution >= 0.6 is 0 Å². The van der Waals surface area contributed by atoms with E-state index in [-0.39, 0.29) is 17.3 Å². The smallest absolute Gasteiger partial charge is 0.265 e. The van der Waals surface area contributed by atoms with E-state index in [1.54, 1.807) is 31.2 Å². The Morgan fingerprint density at radius 2 is 1.77 bits per heavy atom. The van der Waals surface area contributed by atoms with Crippen molar-refractivity contribution < 1.29 is 27.5 Å². The zero-order chi connectivity index (χ0) is 22.6. The van der Waals surface area contributed by atoms with Gasteiger partial charge in [-0.05, 0) is 44.2 Å². The lowest BCUT2D eigenvalue weighted by Crippen LogP contribution is -2.40. The molecule has 2 aromatic rings. The lowest BCUT2D eigenvalue weighted by atomic mass is 10.2. The van der Waals surface area contributed by atoms with Crippen LogP contribution in [0, 0.1) is 6.92 Å². The molecule has 1 aliphatic heterocycles. The third kappa shape index (κ3) is 5.80. The molecular weight excluding hydrogens is 424 g/mol. The van der Waals surface area contributed by atoms with Crippen molar-refractivity contribution in [3.8, 4) is 5.75 Å². The third-order valence-corrected chi connectivity index (χ3v) is 5.81. The summed E-state index contributed by atoms with van der Waals surface area (Å²) in [4.78, 5) is 35.7. The fourth-order valence-corrected chi connectivity index (χ4v) is 3.68. The van der Waals surface area contributed by atoms with Gasteiger partial charge in [0.05, 0.1) is 23.7 Å². The van der Waals surface area contributed by atoms with Crippen molar-refractivity contribution in [2.45, 2.75) is 24.8 Å². The van der Waals surface area contributed by atoms with Crippen LogP contribution in [-0.4, -0.2) is 45.3 Å². The molecule has 0 radical (unpaired) electrons. The number of carbonyl (C=O) groups is 3. The van der Waals surface area contributed by atoms with Crippen molar-refractivity contribution >= 4 is 39.1 Å². The molecule has 2 aromatic carbocycles. The Bertz CT molecular complexity index is 1110. The van der Waals surface area contributed by atoms with Crippen LogP contribution in [0.5, 0.6) is 5.75 Å². The largest absolute Gasteiger partial charge is 0.479 e. The summed E-state index contributed by atoms with van der Waals surface area (Å²) in [6, 6.07) is 10.9. The van der Waals surface area contributed by atoms with Crippen LogP contribution in [0.15, 0.2) is 47.4 Å². The van der Waals surface area contributed by atoms with Crippen LogP contribution in [0.2, 0.25) is 0 Å². The second-order valence-electron chi connectivity index (χ2n) is 6.92. The molecule has 31 heavy (non-hydrogen) atoms. The Morgan fingerprint density at radius 1 is 1.06 bits per heavy atom. The number of carbonyl (C=O) groups excluding carboxylic acids is 3. The molecule has 0 aliphatic carbocycles. The summed E-state index contributed by atoms with van der Waals surface area (Å²) in [6.45, 7) is 2.58. The van der Waals surface area contributed by atoms with Gasteiger partial charge in [-0.25, -0.2) is 13.1 Å². The fraction of sp³-hybridized carbons (Fsp3) is 0.250. The molecule has 3 rings (SSSR count). The highest BCUT2D eigenvalue weighted by Gasteiger charge is 2.23. The number of nitrogens with one attached hydrogen (secondary N) is 4. The Labute approximate surface area is 179 Å². The number of benzene rings is 2. The number of aryl methyl sites for hydroxylation is 1. The number of anilines is 2. The molecular formula is C20H22N4O6S. The first-order valence-corrected chi connectivity index (χ1v) is 10.9. The summed E-state index contributed by atoms with van der Waals surface area (Å²) in [5, 5.41) is 7.59. The van der Waals surface area contributed by atoms with Crippen LogP contribution in [0.25, 0.3) is 0 Å². The van der Waals surface area contributed by atoms with Crippen LogP contribution in [-0.2, 0) is 24.4 Å². The van der Waals surface area contributed by atoms with Crippen molar-refractivity contribution in [2.24, 2.45) is 0 Å². The van der Waals surface area contributed by atoms with Gasteiger partial charge in [-0.15, -0.1) is 0 Å². The maximum Gasteiger partial charge on any atom is 0.265 e. The molecule has 3 amide bonds. The highest BCUT2D eigenvalue weighted by molar-refractivity contribution is 7.89. The Morgan fingerprint density at radius 3 is 2.48 bits per heavy atom. The fourth-order valence-electron chi connectivity index (χ4n) is 2.69. The van der Waals surface area contributed by atoms with Crippen LogP contribution in [0.1, 0.15) is 12.5 Å². The van der Waals surface area contributed by atoms with Gasteiger partial charge in [-0.1, -0.05) is 17.7 Å². The minimum atomic E-state index is -3.83. The molecule has 1 heterocycles. The molecule has 164 valence electrons. The van der Waals surface area contributed by atoms with Crippen molar-refractivity contribution in [3.63, 3.8) is 0 Å². The number of fused-ring (bicyclic) bond motifs is 1. The molecule has 0 spiro atoms. The first kappa shape index (κ1) is 22.2. The molecule has 1 unspecified atom stereocenters. The number of rotatable bonds is 7. The summed E-state index contributed by atoms with van der Waals surface area (Å²) in [7, 11) is -3.83. The van der Waals surface area contributed by atoms with Crippen molar-refractivity contribution in [1.82, 2.24) is 10.0 Å². The average molecular weight is 446 g/mol. The number of amides is 3. The van der Waals surface area contributed by atoms with Crippen LogP contribution in [0.3, 0.4) is 0 Å². The molecule has 0 fully saturated rings. The van der Waals surface area contributed by atoms with Crippen molar-refractivity contribution in [2.75, 3.05) is 23.7 Å². The van der Waals surface area contributed by atoms with Crippen LogP contribution in [0.4, 0.5) is 11.4 Å². The van der Waals surface area contributed by atoms with E-state index < -0.39 is 34.5 Å². The molecule has 0 aromatic heterocycles. The van der Waals surface area contributed by atoms with Gasteiger partial charge >= 0.3 is 0 Å². The number of ether oxygens (including phenoxy) is 1. The molecule has 11 heteroatoms. The van der Waals surface area contributed by atoms with Gasteiger partial charge in [0.25, 0.3) is 5.91 Å². The maximum absolute atomic E-state index is 12.2. The van der Waals surface area contributed by atoms with Crippen LogP contribution < -0.4 is 25.4 Å². The average Bonchev–Trinajstić information content (AvgIpc) is 2.72. The molecule has 0 saturated heterocycles. The molecule has 1 aliphatic rings. The lowest BCUT2D eigenvalue weighted by molar-refractivity contribution is -0.123. The first-order valence-electron chi connectivity index (χ1n) is 9.38. The minimum absolute atomic E-state index is 0.0431. The number of hydrogen-bond donors (Lipinski definition) is 4. The zero-order valence-corrected chi connectivity index (χ0v) is 17.7. The Balaban J connectivity index is 1.47. The number of hydrogen-bond acceptors (Lipinski definition) is 6. The van der Waals surface area contributed by atoms with E-state index in [1.807, 2.05) is 6.92 Å². The first-order chi connectivity index (χ1) is 14.6. The molecule has 0 saturated carbocycles. The standard InChI is InChI=1S/C20H22N4O6S/c1-12-3-6-15(7-4-12)31(28,29)22-11-18(25)21-10-19(26)23-14-5-8-17-16(9-14)24-20(27)13(2)30-17/h3-9,13,22H,10-11H2,1-2H3,(H,21,25)(H,23,26)(H,24,27). The van der Waals surface area contributed by atoms with E-state index in [0.29, 0.717) is 17.1 Å². The van der Waals surface area contributed by atoms with E-state index in [2.05, 4.69) is 20.7 Å². The van der Waals surface area contributed by atoms with Crippen molar-refractivity contribution in [3.05, 3.63) is 48.0 Å². The second kappa shape index (κ2) is 9.14.